The minimum absolute atomic E-state index is 0.910. The van der Waals surface area contributed by atoms with Crippen LogP contribution in [0.2, 0.25) is 0 Å². The van der Waals surface area contributed by atoms with Gasteiger partial charge < -0.3 is 10.2 Å². The Morgan fingerprint density at radius 3 is 2.94 bits per heavy atom. The van der Waals surface area contributed by atoms with E-state index in [9.17, 15) is 0 Å². The lowest BCUT2D eigenvalue weighted by molar-refractivity contribution is 0.314. The molecule has 0 aromatic heterocycles. The zero-order valence-corrected chi connectivity index (χ0v) is 12.5. The van der Waals surface area contributed by atoms with E-state index in [2.05, 4.69) is 23.4 Å². The van der Waals surface area contributed by atoms with Crippen LogP contribution in [0.25, 0.3) is 0 Å². The van der Waals surface area contributed by atoms with Crippen LogP contribution in [0, 0.1) is 5.92 Å². The Bertz CT molecular complexity index is 176. The highest BCUT2D eigenvalue weighted by Gasteiger charge is 2.21. The van der Waals surface area contributed by atoms with Gasteiger partial charge >= 0.3 is 0 Å². The predicted octanol–water partition coefficient (Wildman–Crippen LogP) is 2.84. The van der Waals surface area contributed by atoms with E-state index in [1.807, 2.05) is 11.8 Å². The number of unbranched alkanes of at least 4 members (excludes halogenated alkanes) is 2. The molecule has 2 nitrogen and oxygen atoms in total. The molecule has 1 aliphatic rings. The monoisotopic (exact) mass is 258 g/mol. The van der Waals surface area contributed by atoms with E-state index in [4.69, 9.17) is 0 Å². The highest BCUT2D eigenvalue weighted by molar-refractivity contribution is 7.98. The minimum atomic E-state index is 0.910. The number of nitrogens with zero attached hydrogens (tertiary/aromatic N) is 1. The first kappa shape index (κ1) is 15.3. The third kappa shape index (κ3) is 7.32. The fourth-order valence-electron chi connectivity index (χ4n) is 2.52. The normalized spacial score (nSPS) is 21.2. The molecule has 3 heteroatoms. The number of thioether (sulfide) groups is 1. The lowest BCUT2D eigenvalue weighted by Crippen LogP contribution is -2.27. The van der Waals surface area contributed by atoms with Gasteiger partial charge in [-0.1, -0.05) is 13.3 Å². The molecule has 0 bridgehead atoms. The summed E-state index contributed by atoms with van der Waals surface area (Å²) >= 11 is 1.97. The van der Waals surface area contributed by atoms with Gasteiger partial charge in [0.2, 0.25) is 0 Å². The second-order valence-electron chi connectivity index (χ2n) is 5.21. The summed E-state index contributed by atoms with van der Waals surface area (Å²) in [5, 5.41) is 3.55. The molecule has 1 saturated heterocycles. The Labute approximate surface area is 112 Å². The van der Waals surface area contributed by atoms with Crippen molar-refractivity contribution in [3.05, 3.63) is 0 Å². The second kappa shape index (κ2) is 10.2. The van der Waals surface area contributed by atoms with Crippen molar-refractivity contribution in [1.29, 1.82) is 0 Å². The van der Waals surface area contributed by atoms with Crippen molar-refractivity contribution in [1.82, 2.24) is 10.2 Å². The molecule has 1 heterocycles. The van der Waals surface area contributed by atoms with Crippen LogP contribution in [0.5, 0.6) is 0 Å². The number of rotatable bonds is 10. The van der Waals surface area contributed by atoms with Crippen LogP contribution in [0.4, 0.5) is 0 Å². The third-order valence-electron chi connectivity index (χ3n) is 3.55. The van der Waals surface area contributed by atoms with Crippen LogP contribution in [-0.2, 0) is 0 Å². The van der Waals surface area contributed by atoms with Gasteiger partial charge in [0.15, 0.2) is 0 Å². The maximum Gasteiger partial charge on any atom is 0.00223 e. The van der Waals surface area contributed by atoms with E-state index in [1.54, 1.807) is 0 Å². The summed E-state index contributed by atoms with van der Waals surface area (Å²) < 4.78 is 0. The maximum atomic E-state index is 3.55. The van der Waals surface area contributed by atoms with Gasteiger partial charge in [0.05, 0.1) is 0 Å². The first-order valence-electron chi connectivity index (χ1n) is 7.28. The van der Waals surface area contributed by atoms with Crippen LogP contribution < -0.4 is 5.32 Å². The molecule has 1 fully saturated rings. The quantitative estimate of drug-likeness (QED) is 0.607. The minimum Gasteiger partial charge on any atom is -0.316 e. The lowest BCUT2D eigenvalue weighted by atomic mass is 10.1. The first-order valence-corrected chi connectivity index (χ1v) is 8.68. The molecule has 1 aliphatic heterocycles. The molecule has 102 valence electrons. The standard InChI is InChI=1S/C14H30N2S/c1-3-8-15-12-14-7-10-16(13-14)9-5-4-6-11-17-2/h14-15H,3-13H2,1-2H3. The van der Waals surface area contributed by atoms with Crippen molar-refractivity contribution < 1.29 is 0 Å². The Morgan fingerprint density at radius 2 is 2.18 bits per heavy atom. The highest BCUT2D eigenvalue weighted by Crippen LogP contribution is 2.16. The molecule has 0 aromatic carbocycles. The molecule has 0 spiro atoms. The Hall–Kier alpha value is 0.270. The van der Waals surface area contributed by atoms with E-state index in [0.29, 0.717) is 0 Å². The third-order valence-corrected chi connectivity index (χ3v) is 4.25. The van der Waals surface area contributed by atoms with Crippen molar-refractivity contribution in [2.45, 2.75) is 39.0 Å². The number of hydrogen-bond donors (Lipinski definition) is 1. The second-order valence-corrected chi connectivity index (χ2v) is 6.20. The van der Waals surface area contributed by atoms with Crippen LogP contribution in [0.1, 0.15) is 39.0 Å². The molecule has 17 heavy (non-hydrogen) atoms. The number of likely N-dealkylation sites (tertiary alicyclic amines) is 1. The predicted molar refractivity (Wildman–Crippen MR) is 79.9 cm³/mol. The van der Waals surface area contributed by atoms with Crippen molar-refractivity contribution >= 4 is 11.8 Å². The molecule has 0 aliphatic carbocycles. The SMILES string of the molecule is CCCNCC1CCN(CCCCCSC)C1. The summed E-state index contributed by atoms with van der Waals surface area (Å²) in [5.74, 6) is 2.25. The fourth-order valence-corrected chi connectivity index (χ4v) is 3.02. The summed E-state index contributed by atoms with van der Waals surface area (Å²) in [4.78, 5) is 2.66. The molecule has 0 saturated carbocycles. The Morgan fingerprint density at radius 1 is 1.29 bits per heavy atom. The van der Waals surface area contributed by atoms with Crippen LogP contribution in [0.3, 0.4) is 0 Å². The smallest absolute Gasteiger partial charge is 0.00223 e. The van der Waals surface area contributed by atoms with E-state index in [1.165, 1.54) is 70.6 Å². The molecule has 1 N–H and O–H groups in total. The molecule has 1 rings (SSSR count). The van der Waals surface area contributed by atoms with Crippen molar-refractivity contribution in [3.8, 4) is 0 Å². The van der Waals surface area contributed by atoms with Gasteiger partial charge in [0, 0.05) is 6.54 Å². The number of hydrogen-bond acceptors (Lipinski definition) is 3. The summed E-state index contributed by atoms with van der Waals surface area (Å²) in [6.07, 6.45) is 9.07. The molecular formula is C14H30N2S. The topological polar surface area (TPSA) is 15.3 Å². The van der Waals surface area contributed by atoms with E-state index in [0.717, 1.165) is 5.92 Å². The zero-order valence-electron chi connectivity index (χ0n) is 11.7. The largest absolute Gasteiger partial charge is 0.316 e. The molecule has 1 atom stereocenters. The molecule has 1 unspecified atom stereocenters. The number of nitrogens with one attached hydrogen (secondary N) is 1. The average molecular weight is 258 g/mol. The van der Waals surface area contributed by atoms with E-state index in [-0.39, 0.29) is 0 Å². The van der Waals surface area contributed by atoms with E-state index < -0.39 is 0 Å². The van der Waals surface area contributed by atoms with Gasteiger partial charge in [-0.25, -0.2) is 0 Å². The van der Waals surface area contributed by atoms with Gasteiger partial charge in [0.1, 0.15) is 0 Å². The Balaban J connectivity index is 1.94. The maximum absolute atomic E-state index is 3.55. The van der Waals surface area contributed by atoms with Gasteiger partial charge in [-0.15, -0.1) is 0 Å². The van der Waals surface area contributed by atoms with Crippen molar-refractivity contribution in [2.24, 2.45) is 5.92 Å². The summed E-state index contributed by atoms with van der Waals surface area (Å²) in [7, 11) is 0. The van der Waals surface area contributed by atoms with Gasteiger partial charge in [0.25, 0.3) is 0 Å². The summed E-state index contributed by atoms with van der Waals surface area (Å²) in [5.41, 5.74) is 0. The summed E-state index contributed by atoms with van der Waals surface area (Å²) in [6.45, 7) is 8.66. The van der Waals surface area contributed by atoms with E-state index >= 15 is 0 Å². The zero-order chi connectivity index (χ0) is 12.3. The molecule has 0 radical (unpaired) electrons. The van der Waals surface area contributed by atoms with Crippen molar-refractivity contribution in [2.75, 3.05) is 44.7 Å². The molecule has 0 amide bonds. The van der Waals surface area contributed by atoms with Gasteiger partial charge in [-0.05, 0) is 69.8 Å². The van der Waals surface area contributed by atoms with Gasteiger partial charge in [-0.2, -0.15) is 11.8 Å². The first-order chi connectivity index (χ1) is 8.36. The van der Waals surface area contributed by atoms with Crippen LogP contribution >= 0.6 is 11.8 Å². The lowest BCUT2D eigenvalue weighted by Gasteiger charge is -2.16. The Kier molecular flexibility index (Phi) is 9.21. The average Bonchev–Trinajstić information content (AvgIpc) is 2.77. The molecule has 0 aromatic rings. The summed E-state index contributed by atoms with van der Waals surface area (Å²) in [6, 6.07) is 0. The molecular weight excluding hydrogens is 228 g/mol. The fraction of sp³-hybridized carbons (Fsp3) is 1.00. The van der Waals surface area contributed by atoms with Crippen LogP contribution in [0.15, 0.2) is 0 Å². The van der Waals surface area contributed by atoms with Crippen molar-refractivity contribution in [3.63, 3.8) is 0 Å². The highest BCUT2D eigenvalue weighted by atomic mass is 32.2. The van der Waals surface area contributed by atoms with Crippen LogP contribution in [-0.4, -0.2) is 49.6 Å². The van der Waals surface area contributed by atoms with Gasteiger partial charge in [-0.3, -0.25) is 0 Å².